The van der Waals surface area contributed by atoms with Crippen LogP contribution in [0, 0.1) is 11.8 Å². The van der Waals surface area contributed by atoms with E-state index >= 15 is 0 Å². The van der Waals surface area contributed by atoms with Crippen molar-refractivity contribution in [3.05, 3.63) is 59.8 Å². The van der Waals surface area contributed by atoms with Gasteiger partial charge in [0, 0.05) is 23.9 Å². The zero-order valence-electron chi connectivity index (χ0n) is 23.3. The predicted molar refractivity (Wildman–Crippen MR) is 153 cm³/mol. The van der Waals surface area contributed by atoms with Gasteiger partial charge in [-0.3, -0.25) is 4.90 Å². The lowest BCUT2D eigenvalue weighted by atomic mass is 10.0. The highest BCUT2D eigenvalue weighted by molar-refractivity contribution is 5.73. The van der Waals surface area contributed by atoms with Gasteiger partial charge in [0.25, 0.3) is 0 Å². The summed E-state index contributed by atoms with van der Waals surface area (Å²) in [5, 5.41) is 5.08. The summed E-state index contributed by atoms with van der Waals surface area (Å²) in [6.45, 7) is 16.4. The second-order valence-electron chi connectivity index (χ2n) is 11.7. The summed E-state index contributed by atoms with van der Waals surface area (Å²) in [4.78, 5) is 5.32. The summed E-state index contributed by atoms with van der Waals surface area (Å²) in [6, 6.07) is 15.5. The third kappa shape index (κ3) is 7.66. The monoisotopic (exact) mass is 488 g/mol. The zero-order valence-corrected chi connectivity index (χ0v) is 23.3. The fraction of sp³-hybridized carbons (Fsp3) is 0.594. The van der Waals surface area contributed by atoms with E-state index in [2.05, 4.69) is 90.7 Å². The van der Waals surface area contributed by atoms with Crippen molar-refractivity contribution in [3.8, 4) is 11.3 Å². The smallest absolute Gasteiger partial charge is 0.0965 e. The third-order valence-electron chi connectivity index (χ3n) is 7.65. The van der Waals surface area contributed by atoms with Crippen LogP contribution in [0.25, 0.3) is 16.8 Å². The lowest BCUT2D eigenvalue weighted by Crippen LogP contribution is -2.30. The largest absolute Gasteiger partial charge is 0.303 e. The fourth-order valence-corrected chi connectivity index (χ4v) is 5.38. The van der Waals surface area contributed by atoms with E-state index in [1.807, 2.05) is 0 Å². The van der Waals surface area contributed by atoms with Gasteiger partial charge in [-0.2, -0.15) is 5.10 Å². The zero-order chi connectivity index (χ0) is 25.3. The molecule has 36 heavy (non-hydrogen) atoms. The molecule has 1 saturated heterocycles. The lowest BCUT2D eigenvalue weighted by Gasteiger charge is -2.26. The topological polar surface area (TPSA) is 23.8 Å². The Labute approximate surface area is 219 Å². The van der Waals surface area contributed by atoms with Crippen LogP contribution in [0.3, 0.4) is 0 Å². The van der Waals surface area contributed by atoms with E-state index in [0.717, 1.165) is 30.5 Å². The molecular formula is C32H48N4. The molecule has 1 fully saturated rings. The predicted octanol–water partition coefficient (Wildman–Crippen LogP) is 7.31. The molecule has 3 heterocycles. The maximum atomic E-state index is 5.08. The van der Waals surface area contributed by atoms with Crippen molar-refractivity contribution < 1.29 is 0 Å². The number of hydrogen-bond acceptors (Lipinski definition) is 3. The first-order chi connectivity index (χ1) is 17.5. The number of benzene rings is 1. The molecule has 3 aromatic rings. The van der Waals surface area contributed by atoms with Crippen molar-refractivity contribution in [1.29, 1.82) is 0 Å². The minimum absolute atomic E-state index is 0.740. The maximum Gasteiger partial charge on any atom is 0.0965 e. The van der Waals surface area contributed by atoms with Crippen molar-refractivity contribution >= 4 is 5.52 Å². The molecule has 0 aliphatic carbocycles. The molecule has 1 aliphatic rings. The minimum Gasteiger partial charge on any atom is -0.303 e. The molecule has 4 heteroatoms. The fourth-order valence-electron chi connectivity index (χ4n) is 5.38. The molecule has 1 aromatic carbocycles. The van der Waals surface area contributed by atoms with E-state index in [4.69, 9.17) is 5.10 Å². The number of rotatable bonds is 13. The van der Waals surface area contributed by atoms with Gasteiger partial charge in [-0.05, 0) is 101 Å². The number of aryl methyl sites for hydroxylation is 1. The van der Waals surface area contributed by atoms with E-state index < -0.39 is 0 Å². The average molecular weight is 489 g/mol. The second-order valence-corrected chi connectivity index (χ2v) is 11.7. The minimum atomic E-state index is 0.740. The Balaban J connectivity index is 1.57. The number of fused-ring (bicyclic) bond motifs is 1. The Morgan fingerprint density at radius 2 is 1.58 bits per heavy atom. The number of pyridine rings is 1. The first-order valence-corrected chi connectivity index (χ1v) is 14.5. The van der Waals surface area contributed by atoms with Crippen molar-refractivity contribution in [1.82, 2.24) is 19.4 Å². The molecule has 0 bridgehead atoms. The van der Waals surface area contributed by atoms with E-state index in [9.17, 15) is 0 Å². The van der Waals surface area contributed by atoms with Gasteiger partial charge in [0.2, 0.25) is 0 Å². The van der Waals surface area contributed by atoms with Crippen molar-refractivity contribution in [2.24, 2.45) is 11.8 Å². The molecule has 0 unspecified atom stereocenters. The third-order valence-corrected chi connectivity index (χ3v) is 7.65. The average Bonchev–Trinajstić information content (AvgIpc) is 3.24. The van der Waals surface area contributed by atoms with Crippen LogP contribution in [0.1, 0.15) is 77.3 Å². The number of likely N-dealkylation sites (tertiary alicyclic amines) is 1. The van der Waals surface area contributed by atoms with E-state index in [1.165, 1.54) is 93.5 Å². The summed E-state index contributed by atoms with van der Waals surface area (Å²) < 4.78 is 2.12. The van der Waals surface area contributed by atoms with Gasteiger partial charge in [-0.25, -0.2) is 4.52 Å². The maximum absolute atomic E-state index is 5.08. The molecule has 4 rings (SSSR count). The Morgan fingerprint density at radius 3 is 2.25 bits per heavy atom. The van der Waals surface area contributed by atoms with E-state index in [0.29, 0.717) is 0 Å². The van der Waals surface area contributed by atoms with Gasteiger partial charge in [0.15, 0.2) is 0 Å². The van der Waals surface area contributed by atoms with Crippen LogP contribution in [0.2, 0.25) is 0 Å². The van der Waals surface area contributed by atoms with Crippen molar-refractivity contribution in [2.75, 3.05) is 32.7 Å². The molecule has 0 saturated carbocycles. The molecule has 0 N–H and O–H groups in total. The van der Waals surface area contributed by atoms with Gasteiger partial charge in [-0.15, -0.1) is 0 Å². The summed E-state index contributed by atoms with van der Waals surface area (Å²) in [5.74, 6) is 1.48. The van der Waals surface area contributed by atoms with Crippen LogP contribution in [-0.4, -0.2) is 52.1 Å². The molecule has 196 valence electrons. The second kappa shape index (κ2) is 13.4. The van der Waals surface area contributed by atoms with Gasteiger partial charge in [-0.1, -0.05) is 64.4 Å². The number of piperidine rings is 1. The molecular weight excluding hydrogens is 440 g/mol. The Bertz CT molecular complexity index is 1030. The molecule has 1 aliphatic heterocycles. The Morgan fingerprint density at radius 1 is 0.889 bits per heavy atom. The van der Waals surface area contributed by atoms with Crippen molar-refractivity contribution in [3.63, 3.8) is 0 Å². The van der Waals surface area contributed by atoms with E-state index in [-0.39, 0.29) is 0 Å². The van der Waals surface area contributed by atoms with Crippen LogP contribution >= 0.6 is 0 Å². The molecule has 0 atom stereocenters. The molecule has 0 spiro atoms. The summed E-state index contributed by atoms with van der Waals surface area (Å²) >= 11 is 0. The SMILES string of the molecule is CC(C)CCN(CCC(C)C)Cc1ccn2nc(-c3ccccc3)c(CCCN3CCCCC3)c2c1. The molecule has 0 radical (unpaired) electrons. The lowest BCUT2D eigenvalue weighted by molar-refractivity contribution is 0.226. The van der Waals surface area contributed by atoms with Gasteiger partial charge in [0.1, 0.15) is 0 Å². The Hall–Kier alpha value is -2.17. The standard InChI is InChI=1S/C32H48N4/c1-26(2)15-21-35(22-16-27(3)4)25-28-17-23-36-31(24-28)30(14-11-20-34-18-9-6-10-19-34)32(33-36)29-12-7-5-8-13-29/h5,7-8,12-13,17,23-24,26-27H,6,9-11,14-16,18-22,25H2,1-4H3. The van der Waals surface area contributed by atoms with Crippen LogP contribution in [-0.2, 0) is 13.0 Å². The van der Waals surface area contributed by atoms with E-state index in [1.54, 1.807) is 0 Å². The summed E-state index contributed by atoms with van der Waals surface area (Å²) in [6.07, 6.45) is 11.1. The first-order valence-electron chi connectivity index (χ1n) is 14.5. The summed E-state index contributed by atoms with van der Waals surface area (Å²) in [5.41, 5.74) is 6.49. The van der Waals surface area contributed by atoms with Gasteiger partial charge in [0.05, 0.1) is 11.2 Å². The molecule has 2 aromatic heterocycles. The quantitative estimate of drug-likeness (QED) is 0.252. The van der Waals surface area contributed by atoms with Crippen LogP contribution in [0.4, 0.5) is 0 Å². The number of hydrogen-bond donors (Lipinski definition) is 0. The highest BCUT2D eigenvalue weighted by Crippen LogP contribution is 2.28. The van der Waals surface area contributed by atoms with Gasteiger partial charge < -0.3 is 4.90 Å². The van der Waals surface area contributed by atoms with Crippen LogP contribution < -0.4 is 0 Å². The van der Waals surface area contributed by atoms with Crippen LogP contribution in [0.15, 0.2) is 48.7 Å². The molecule has 4 nitrogen and oxygen atoms in total. The number of aromatic nitrogens is 2. The Kier molecular flexibility index (Phi) is 10.0. The van der Waals surface area contributed by atoms with Gasteiger partial charge >= 0.3 is 0 Å². The normalized spacial score (nSPS) is 15.1. The molecule has 0 amide bonds. The number of nitrogens with zero attached hydrogens (tertiary/aromatic N) is 4. The highest BCUT2D eigenvalue weighted by atomic mass is 15.2. The van der Waals surface area contributed by atoms with Crippen LogP contribution in [0.5, 0.6) is 0 Å². The summed E-state index contributed by atoms with van der Waals surface area (Å²) in [7, 11) is 0. The first kappa shape index (κ1) is 26.9. The highest BCUT2D eigenvalue weighted by Gasteiger charge is 2.17. The van der Waals surface area contributed by atoms with Crippen molar-refractivity contribution in [2.45, 2.75) is 79.2 Å².